The Kier molecular flexibility index (Phi) is 4.47. The average Bonchev–Trinajstić information content (AvgIpc) is 3.10. The number of carbonyl (C=O) groups excluding carboxylic acids is 1. The van der Waals surface area contributed by atoms with Crippen LogP contribution in [0.25, 0.3) is 0 Å². The van der Waals surface area contributed by atoms with E-state index in [-0.39, 0.29) is 31.6 Å². The topological polar surface area (TPSA) is 62.2 Å². The van der Waals surface area contributed by atoms with E-state index in [0.29, 0.717) is 12.4 Å². The first-order chi connectivity index (χ1) is 13.3. The van der Waals surface area contributed by atoms with Crippen molar-refractivity contribution in [1.82, 2.24) is 20.1 Å². The lowest BCUT2D eigenvalue weighted by atomic mass is 9.75. The number of nitrogens with zero attached hydrogens (tertiary/aromatic N) is 5. The standard InChI is InChI=1S/C19H20F3N5O/c1-13-2-3-16(25-24-13)26-8-5-18(11-26)12-27(9-6-19(18,21)22)17(28)14-4-7-23-15(20)10-14/h2-4,7,10H,5-6,8-9,11-12H2,1H3/t18-/m1/s1. The number of halogens is 3. The first-order valence-corrected chi connectivity index (χ1v) is 9.14. The summed E-state index contributed by atoms with van der Waals surface area (Å²) in [5.41, 5.74) is -0.492. The van der Waals surface area contributed by atoms with Gasteiger partial charge in [0.15, 0.2) is 5.82 Å². The van der Waals surface area contributed by atoms with Crippen molar-refractivity contribution in [3.8, 4) is 0 Å². The van der Waals surface area contributed by atoms with E-state index in [9.17, 15) is 18.0 Å². The first kappa shape index (κ1) is 18.6. The van der Waals surface area contributed by atoms with Gasteiger partial charge in [-0.3, -0.25) is 4.79 Å². The molecule has 4 rings (SSSR count). The fourth-order valence-corrected chi connectivity index (χ4v) is 4.05. The van der Waals surface area contributed by atoms with Crippen LogP contribution in [0.15, 0.2) is 30.5 Å². The van der Waals surface area contributed by atoms with Gasteiger partial charge in [0.1, 0.15) is 0 Å². The second kappa shape index (κ2) is 6.72. The number of aryl methyl sites for hydroxylation is 1. The Hall–Kier alpha value is -2.71. The molecule has 2 aliphatic heterocycles. The van der Waals surface area contributed by atoms with Crippen LogP contribution < -0.4 is 4.90 Å². The molecule has 2 aliphatic rings. The number of alkyl halides is 2. The largest absolute Gasteiger partial charge is 0.354 e. The third kappa shape index (κ3) is 3.18. The van der Waals surface area contributed by atoms with Crippen LogP contribution in [0.3, 0.4) is 0 Å². The van der Waals surface area contributed by atoms with Crippen LogP contribution in [0, 0.1) is 18.3 Å². The summed E-state index contributed by atoms with van der Waals surface area (Å²) in [4.78, 5) is 19.4. The average molecular weight is 391 g/mol. The fraction of sp³-hybridized carbons (Fsp3) is 0.474. The van der Waals surface area contributed by atoms with Crippen LogP contribution in [0.4, 0.5) is 19.0 Å². The lowest BCUT2D eigenvalue weighted by Crippen LogP contribution is -2.58. The van der Waals surface area contributed by atoms with Crippen molar-refractivity contribution < 1.29 is 18.0 Å². The molecule has 9 heteroatoms. The number of hydrogen-bond donors (Lipinski definition) is 0. The Morgan fingerprint density at radius 1 is 1.11 bits per heavy atom. The third-order valence-corrected chi connectivity index (χ3v) is 5.69. The normalized spacial score (nSPS) is 24.0. The van der Waals surface area contributed by atoms with Gasteiger partial charge in [-0.1, -0.05) is 0 Å². The highest BCUT2D eigenvalue weighted by Gasteiger charge is 2.60. The predicted molar refractivity (Wildman–Crippen MR) is 95.7 cm³/mol. The zero-order valence-corrected chi connectivity index (χ0v) is 15.4. The highest BCUT2D eigenvalue weighted by Crippen LogP contribution is 2.50. The van der Waals surface area contributed by atoms with Gasteiger partial charge in [-0.25, -0.2) is 13.8 Å². The number of anilines is 1. The summed E-state index contributed by atoms with van der Waals surface area (Å²) < 4.78 is 43.3. The molecule has 1 spiro atoms. The molecular formula is C19H20F3N5O. The minimum Gasteiger partial charge on any atom is -0.354 e. The number of amides is 1. The molecule has 0 saturated carbocycles. The summed E-state index contributed by atoms with van der Waals surface area (Å²) in [5.74, 6) is -3.57. The van der Waals surface area contributed by atoms with Gasteiger partial charge in [-0.05, 0) is 31.5 Å². The maximum absolute atomic E-state index is 15.0. The molecule has 2 aromatic heterocycles. The van der Waals surface area contributed by atoms with Crippen LogP contribution >= 0.6 is 0 Å². The maximum Gasteiger partial charge on any atom is 0.258 e. The van der Waals surface area contributed by atoms with E-state index in [1.54, 1.807) is 17.0 Å². The number of pyridine rings is 1. The summed E-state index contributed by atoms with van der Waals surface area (Å²) in [6.45, 7) is 2.16. The monoisotopic (exact) mass is 391 g/mol. The van der Waals surface area contributed by atoms with E-state index >= 15 is 0 Å². The van der Waals surface area contributed by atoms with E-state index in [0.717, 1.165) is 11.8 Å². The van der Waals surface area contributed by atoms with Crippen molar-refractivity contribution in [3.05, 3.63) is 47.7 Å². The number of aromatic nitrogens is 3. The smallest absolute Gasteiger partial charge is 0.258 e. The Labute approximate surface area is 160 Å². The lowest BCUT2D eigenvalue weighted by Gasteiger charge is -2.45. The molecule has 4 heterocycles. The molecule has 0 unspecified atom stereocenters. The Bertz CT molecular complexity index is 891. The molecule has 0 aliphatic carbocycles. The molecule has 28 heavy (non-hydrogen) atoms. The number of piperidine rings is 1. The zero-order valence-electron chi connectivity index (χ0n) is 15.4. The summed E-state index contributed by atoms with van der Waals surface area (Å²) in [6, 6.07) is 5.99. The Morgan fingerprint density at radius 3 is 2.64 bits per heavy atom. The van der Waals surface area contributed by atoms with Crippen LogP contribution in [-0.4, -0.2) is 58.1 Å². The van der Waals surface area contributed by atoms with Gasteiger partial charge in [0.25, 0.3) is 11.8 Å². The molecule has 148 valence electrons. The van der Waals surface area contributed by atoms with Crippen molar-refractivity contribution in [2.45, 2.75) is 25.7 Å². The van der Waals surface area contributed by atoms with Crippen molar-refractivity contribution in [2.75, 3.05) is 31.1 Å². The Balaban J connectivity index is 1.57. The van der Waals surface area contributed by atoms with Gasteiger partial charge >= 0.3 is 0 Å². The molecule has 1 atom stereocenters. The van der Waals surface area contributed by atoms with Gasteiger partial charge < -0.3 is 9.80 Å². The van der Waals surface area contributed by atoms with Crippen molar-refractivity contribution in [1.29, 1.82) is 0 Å². The minimum atomic E-state index is -2.90. The second-order valence-corrected chi connectivity index (χ2v) is 7.53. The van der Waals surface area contributed by atoms with E-state index in [2.05, 4.69) is 15.2 Å². The highest BCUT2D eigenvalue weighted by molar-refractivity contribution is 5.94. The van der Waals surface area contributed by atoms with Crippen LogP contribution in [-0.2, 0) is 0 Å². The van der Waals surface area contributed by atoms with Crippen molar-refractivity contribution in [3.63, 3.8) is 0 Å². The molecule has 0 bridgehead atoms. The molecule has 2 saturated heterocycles. The summed E-state index contributed by atoms with van der Waals surface area (Å²) in [6.07, 6.45) is 1.02. The van der Waals surface area contributed by atoms with E-state index < -0.39 is 29.6 Å². The molecule has 6 nitrogen and oxygen atoms in total. The van der Waals surface area contributed by atoms with Crippen LogP contribution in [0.2, 0.25) is 0 Å². The van der Waals surface area contributed by atoms with E-state index in [1.165, 1.54) is 17.2 Å². The van der Waals surface area contributed by atoms with E-state index in [1.807, 2.05) is 6.92 Å². The predicted octanol–water partition coefficient (Wildman–Crippen LogP) is 2.70. The maximum atomic E-state index is 15.0. The van der Waals surface area contributed by atoms with Crippen molar-refractivity contribution in [2.24, 2.45) is 5.41 Å². The SMILES string of the molecule is Cc1ccc(N2CC[C@]3(CN(C(=O)c4ccnc(F)c4)CCC3(F)F)C2)nn1. The number of likely N-dealkylation sites (tertiary alicyclic amines) is 1. The second-order valence-electron chi connectivity index (χ2n) is 7.53. The number of rotatable bonds is 2. The van der Waals surface area contributed by atoms with E-state index in [4.69, 9.17) is 0 Å². The lowest BCUT2D eigenvalue weighted by molar-refractivity contribution is -0.150. The molecule has 0 aromatic carbocycles. The number of hydrogen-bond acceptors (Lipinski definition) is 5. The van der Waals surface area contributed by atoms with Crippen molar-refractivity contribution >= 4 is 11.7 Å². The molecule has 2 aromatic rings. The summed E-state index contributed by atoms with van der Waals surface area (Å²) in [5, 5.41) is 8.10. The molecule has 0 radical (unpaired) electrons. The molecule has 2 fully saturated rings. The zero-order chi connectivity index (χ0) is 19.9. The van der Waals surface area contributed by atoms with Gasteiger partial charge in [0, 0.05) is 50.4 Å². The summed E-state index contributed by atoms with van der Waals surface area (Å²) in [7, 11) is 0. The van der Waals surface area contributed by atoms with Crippen LogP contribution in [0.1, 0.15) is 28.9 Å². The minimum absolute atomic E-state index is 0.0676. The quantitative estimate of drug-likeness (QED) is 0.737. The highest BCUT2D eigenvalue weighted by atomic mass is 19.3. The Morgan fingerprint density at radius 2 is 1.93 bits per heavy atom. The van der Waals surface area contributed by atoms with Gasteiger partial charge in [-0.2, -0.15) is 9.49 Å². The fourth-order valence-electron chi connectivity index (χ4n) is 4.05. The third-order valence-electron chi connectivity index (χ3n) is 5.69. The summed E-state index contributed by atoms with van der Waals surface area (Å²) >= 11 is 0. The number of carbonyl (C=O) groups is 1. The van der Waals surface area contributed by atoms with Crippen LogP contribution in [0.5, 0.6) is 0 Å². The molecular weight excluding hydrogens is 371 g/mol. The first-order valence-electron chi connectivity index (χ1n) is 9.14. The van der Waals surface area contributed by atoms with Gasteiger partial charge in [-0.15, -0.1) is 5.10 Å². The molecule has 1 amide bonds. The van der Waals surface area contributed by atoms with Gasteiger partial charge in [0.05, 0.1) is 11.1 Å². The molecule has 0 N–H and O–H groups in total. The van der Waals surface area contributed by atoms with Gasteiger partial charge in [0.2, 0.25) is 5.95 Å².